The molecule has 0 heterocycles. The summed E-state index contributed by atoms with van der Waals surface area (Å²) in [7, 11) is 1.65. The molecule has 1 amide bonds. The van der Waals surface area contributed by atoms with Crippen LogP contribution < -0.4 is 0 Å². The molecule has 0 radical (unpaired) electrons. The molecule has 0 atom stereocenters. The number of carbonyl (C=O) groups excluding carboxylic acids is 1. The summed E-state index contributed by atoms with van der Waals surface area (Å²) in [5.74, 6) is -0.838. The average molecular weight is 269 g/mol. The Labute approximate surface area is 109 Å². The number of nitrogens with zero attached hydrogens (tertiary/aromatic N) is 1. The quantitative estimate of drug-likeness (QED) is 0.810. The van der Waals surface area contributed by atoms with Crippen LogP contribution in [0.5, 0.6) is 5.75 Å². The largest absolute Gasteiger partial charge is 0.508 e. The first kappa shape index (κ1) is 14.4. The van der Waals surface area contributed by atoms with Crippen LogP contribution in [0, 0.1) is 0 Å². The molecule has 0 spiro atoms. The molecule has 0 bridgehead atoms. The summed E-state index contributed by atoms with van der Waals surface area (Å²) >= 11 is 1.07. The highest BCUT2D eigenvalue weighted by molar-refractivity contribution is 8.00. The van der Waals surface area contributed by atoms with Crippen molar-refractivity contribution in [3.8, 4) is 5.75 Å². The van der Waals surface area contributed by atoms with E-state index in [-0.39, 0.29) is 23.2 Å². The molecule has 0 saturated heterocycles. The van der Waals surface area contributed by atoms with Crippen molar-refractivity contribution in [3.63, 3.8) is 0 Å². The number of phenols is 1. The van der Waals surface area contributed by atoms with Crippen LogP contribution in [0.1, 0.15) is 5.56 Å². The fourth-order valence-electron chi connectivity index (χ4n) is 1.35. The van der Waals surface area contributed by atoms with E-state index in [0.717, 1.165) is 17.3 Å². The molecule has 0 saturated carbocycles. The Morgan fingerprint density at radius 1 is 1.33 bits per heavy atom. The Morgan fingerprint density at radius 3 is 2.67 bits per heavy atom. The van der Waals surface area contributed by atoms with Crippen LogP contribution in [-0.2, 0) is 16.1 Å². The first-order valence-corrected chi connectivity index (χ1v) is 6.46. The van der Waals surface area contributed by atoms with Crippen LogP contribution in [0.4, 0.5) is 0 Å². The van der Waals surface area contributed by atoms with Gasteiger partial charge in [0.15, 0.2) is 0 Å². The van der Waals surface area contributed by atoms with E-state index >= 15 is 0 Å². The number of carboxylic acid groups (broad SMARTS) is 1. The normalized spacial score (nSPS) is 10.1. The lowest BCUT2D eigenvalue weighted by Crippen LogP contribution is -2.28. The molecule has 0 aliphatic carbocycles. The minimum Gasteiger partial charge on any atom is -0.508 e. The van der Waals surface area contributed by atoms with Crippen LogP contribution >= 0.6 is 11.8 Å². The number of carboxylic acids is 1. The second-order valence-electron chi connectivity index (χ2n) is 3.81. The van der Waals surface area contributed by atoms with Crippen molar-refractivity contribution in [1.82, 2.24) is 4.90 Å². The van der Waals surface area contributed by atoms with Crippen molar-refractivity contribution >= 4 is 23.6 Å². The summed E-state index contributed by atoms with van der Waals surface area (Å²) in [5.41, 5.74) is 0.828. The van der Waals surface area contributed by atoms with Gasteiger partial charge < -0.3 is 15.1 Å². The smallest absolute Gasteiger partial charge is 0.313 e. The first-order chi connectivity index (χ1) is 8.49. The number of amides is 1. The maximum atomic E-state index is 11.7. The lowest BCUT2D eigenvalue weighted by molar-refractivity contribution is -0.133. The van der Waals surface area contributed by atoms with Crippen LogP contribution in [0.15, 0.2) is 24.3 Å². The number of thioether (sulfide) groups is 1. The van der Waals surface area contributed by atoms with Gasteiger partial charge in [0.05, 0.1) is 11.5 Å². The highest BCUT2D eigenvalue weighted by Gasteiger charge is 2.10. The lowest BCUT2D eigenvalue weighted by Gasteiger charge is -2.17. The maximum absolute atomic E-state index is 11.7. The van der Waals surface area contributed by atoms with Crippen molar-refractivity contribution in [2.75, 3.05) is 18.6 Å². The third kappa shape index (κ3) is 5.09. The number of hydrogen-bond acceptors (Lipinski definition) is 4. The molecule has 6 heteroatoms. The number of rotatable bonds is 6. The Bertz CT molecular complexity index is 436. The number of phenolic OH excluding ortho intramolecular Hbond substituents is 1. The number of carbonyl (C=O) groups is 2. The van der Waals surface area contributed by atoms with Gasteiger partial charge in [0, 0.05) is 13.6 Å². The van der Waals surface area contributed by atoms with Gasteiger partial charge in [-0.25, -0.2) is 0 Å². The molecule has 0 fully saturated rings. The lowest BCUT2D eigenvalue weighted by atomic mass is 10.2. The fraction of sp³-hybridized carbons (Fsp3) is 0.333. The summed E-state index contributed by atoms with van der Waals surface area (Å²) in [6.45, 7) is 0.390. The van der Waals surface area contributed by atoms with Crippen LogP contribution in [-0.4, -0.2) is 45.5 Å². The molecule has 0 unspecified atom stereocenters. The molecule has 0 aromatic heterocycles. The molecular formula is C12H15NO4S. The van der Waals surface area contributed by atoms with E-state index in [1.807, 2.05) is 6.07 Å². The van der Waals surface area contributed by atoms with Crippen molar-refractivity contribution < 1.29 is 19.8 Å². The van der Waals surface area contributed by atoms with Crippen molar-refractivity contribution in [2.45, 2.75) is 6.54 Å². The van der Waals surface area contributed by atoms with E-state index in [0.29, 0.717) is 6.54 Å². The Kier molecular flexibility index (Phi) is 5.51. The van der Waals surface area contributed by atoms with Crippen LogP contribution in [0.25, 0.3) is 0 Å². The van der Waals surface area contributed by atoms with Crippen molar-refractivity contribution in [1.29, 1.82) is 0 Å². The summed E-state index contributed by atoms with van der Waals surface area (Å²) in [4.78, 5) is 23.5. The van der Waals surface area contributed by atoms with E-state index in [9.17, 15) is 14.7 Å². The average Bonchev–Trinajstić information content (AvgIpc) is 2.28. The van der Waals surface area contributed by atoms with Crippen molar-refractivity contribution in [3.05, 3.63) is 29.8 Å². The van der Waals surface area contributed by atoms with Gasteiger partial charge in [-0.05, 0) is 17.7 Å². The monoisotopic (exact) mass is 269 g/mol. The van der Waals surface area contributed by atoms with Crippen LogP contribution in [0.3, 0.4) is 0 Å². The molecule has 0 aliphatic rings. The van der Waals surface area contributed by atoms with E-state index < -0.39 is 5.97 Å². The molecular weight excluding hydrogens is 254 g/mol. The fourth-order valence-corrected chi connectivity index (χ4v) is 2.02. The van der Waals surface area contributed by atoms with Gasteiger partial charge in [-0.1, -0.05) is 12.1 Å². The van der Waals surface area contributed by atoms with E-state index in [1.165, 1.54) is 4.90 Å². The second kappa shape index (κ2) is 6.90. The third-order valence-corrected chi connectivity index (χ3v) is 3.11. The summed E-state index contributed by atoms with van der Waals surface area (Å²) in [6.07, 6.45) is 0. The molecule has 0 aliphatic heterocycles. The zero-order valence-electron chi connectivity index (χ0n) is 10.00. The number of aromatic hydroxyl groups is 1. The predicted molar refractivity (Wildman–Crippen MR) is 69.5 cm³/mol. The number of benzene rings is 1. The van der Waals surface area contributed by atoms with Crippen molar-refractivity contribution in [2.24, 2.45) is 0 Å². The number of hydrogen-bond donors (Lipinski definition) is 2. The zero-order valence-corrected chi connectivity index (χ0v) is 10.8. The highest BCUT2D eigenvalue weighted by atomic mass is 32.2. The molecule has 18 heavy (non-hydrogen) atoms. The topological polar surface area (TPSA) is 77.8 Å². The van der Waals surface area contributed by atoms with Crippen LogP contribution in [0.2, 0.25) is 0 Å². The standard InChI is InChI=1S/C12H15NO4S/c1-13(11(15)7-18-8-12(16)17)6-9-3-2-4-10(14)5-9/h2-5,14H,6-8H2,1H3,(H,16,17). The minimum absolute atomic E-state index is 0.0777. The SMILES string of the molecule is CN(Cc1cccc(O)c1)C(=O)CSCC(=O)O. The van der Waals surface area contributed by atoms with Gasteiger partial charge >= 0.3 is 5.97 Å². The van der Waals surface area contributed by atoms with Gasteiger partial charge in [0.25, 0.3) is 0 Å². The zero-order chi connectivity index (χ0) is 13.5. The molecule has 2 N–H and O–H groups in total. The predicted octanol–water partition coefficient (Wildman–Crippen LogP) is 1.17. The summed E-state index contributed by atoms with van der Waals surface area (Å²) < 4.78 is 0. The molecule has 98 valence electrons. The third-order valence-electron chi connectivity index (χ3n) is 2.21. The summed E-state index contributed by atoms with van der Waals surface area (Å²) in [6, 6.07) is 6.68. The highest BCUT2D eigenvalue weighted by Crippen LogP contribution is 2.13. The van der Waals surface area contributed by atoms with Gasteiger partial charge in [-0.15, -0.1) is 11.8 Å². The second-order valence-corrected chi connectivity index (χ2v) is 4.79. The molecule has 1 aromatic rings. The summed E-state index contributed by atoms with van der Waals surface area (Å²) in [5, 5.41) is 17.8. The Morgan fingerprint density at radius 2 is 2.06 bits per heavy atom. The van der Waals surface area contributed by atoms with Gasteiger partial charge in [-0.2, -0.15) is 0 Å². The van der Waals surface area contributed by atoms with E-state index in [4.69, 9.17) is 5.11 Å². The van der Waals surface area contributed by atoms with Gasteiger partial charge in [0.1, 0.15) is 5.75 Å². The number of aliphatic carboxylic acids is 1. The Hall–Kier alpha value is -1.69. The minimum atomic E-state index is -0.927. The molecule has 5 nitrogen and oxygen atoms in total. The molecule has 1 aromatic carbocycles. The maximum Gasteiger partial charge on any atom is 0.313 e. The van der Waals surface area contributed by atoms with E-state index in [2.05, 4.69) is 0 Å². The Balaban J connectivity index is 2.42. The van der Waals surface area contributed by atoms with Gasteiger partial charge in [0.2, 0.25) is 5.91 Å². The van der Waals surface area contributed by atoms with E-state index in [1.54, 1.807) is 25.2 Å². The van der Waals surface area contributed by atoms with Gasteiger partial charge in [-0.3, -0.25) is 9.59 Å². The molecule has 1 rings (SSSR count). The first-order valence-electron chi connectivity index (χ1n) is 5.30.